The summed E-state index contributed by atoms with van der Waals surface area (Å²) in [6, 6.07) is 13.9. The van der Waals surface area contributed by atoms with Crippen LogP contribution in [-0.4, -0.2) is 52.9 Å². The van der Waals surface area contributed by atoms with Crippen LogP contribution in [0, 0.1) is 0 Å². The number of aromatic nitrogens is 2. The Morgan fingerprint density at radius 1 is 1.03 bits per heavy atom. The minimum absolute atomic E-state index is 0.0527. The van der Waals surface area contributed by atoms with E-state index in [1.165, 1.54) is 0 Å². The normalized spacial score (nSPS) is 16.3. The van der Waals surface area contributed by atoms with Gasteiger partial charge in [-0.05, 0) is 55.4 Å². The fraction of sp³-hybridized carbons (Fsp3) is 0.400. The molecule has 0 unspecified atom stereocenters. The molecule has 33 heavy (non-hydrogen) atoms. The van der Waals surface area contributed by atoms with Crippen LogP contribution in [0.4, 0.5) is 11.4 Å². The van der Waals surface area contributed by atoms with Gasteiger partial charge in [-0.15, -0.1) is 0 Å². The zero-order chi connectivity index (χ0) is 22.8. The first-order chi connectivity index (χ1) is 16.1. The van der Waals surface area contributed by atoms with Crippen LogP contribution in [0.15, 0.2) is 47.3 Å². The number of nitrogens with zero attached hydrogens (tertiary/aromatic N) is 4. The van der Waals surface area contributed by atoms with E-state index in [-0.39, 0.29) is 5.56 Å². The maximum absolute atomic E-state index is 13.1. The van der Waals surface area contributed by atoms with Crippen molar-refractivity contribution >= 4 is 39.6 Å². The average molecular weight is 464 g/mol. The second-order valence-electron chi connectivity index (χ2n) is 8.60. The van der Waals surface area contributed by atoms with Crippen LogP contribution < -0.4 is 20.5 Å². The molecule has 2 aromatic carbocycles. The second-order valence-corrected chi connectivity index (χ2v) is 8.99. The number of hydrogen-bond acceptors (Lipinski definition) is 5. The molecule has 5 rings (SSSR count). The lowest BCUT2D eigenvalue weighted by atomic mass is 10.2. The number of benzene rings is 2. The van der Waals surface area contributed by atoms with E-state index in [4.69, 9.17) is 21.9 Å². The third kappa shape index (κ3) is 4.39. The Labute approximate surface area is 199 Å². The van der Waals surface area contributed by atoms with Gasteiger partial charge in [0.2, 0.25) is 0 Å². The molecule has 0 radical (unpaired) electrons. The lowest BCUT2D eigenvalue weighted by molar-refractivity contribution is 0.382. The number of rotatable bonds is 3. The zero-order valence-electron chi connectivity index (χ0n) is 18.9. The molecule has 1 N–H and O–H groups in total. The monoisotopic (exact) mass is 463 g/mol. The van der Waals surface area contributed by atoms with Crippen molar-refractivity contribution in [2.45, 2.75) is 32.2 Å². The summed E-state index contributed by atoms with van der Waals surface area (Å²) in [6.45, 7) is 4.10. The van der Waals surface area contributed by atoms with Crippen LogP contribution in [0.3, 0.4) is 0 Å². The van der Waals surface area contributed by atoms with Crippen molar-refractivity contribution < 1.29 is 4.74 Å². The number of anilines is 2. The molecule has 2 aliphatic rings. The lowest BCUT2D eigenvalue weighted by Gasteiger charge is -2.37. The molecule has 7 nitrogen and oxygen atoms in total. The van der Waals surface area contributed by atoms with E-state index in [9.17, 15) is 4.79 Å². The fourth-order valence-corrected chi connectivity index (χ4v) is 5.04. The van der Waals surface area contributed by atoms with Gasteiger partial charge in [-0.3, -0.25) is 9.36 Å². The molecule has 0 atom stereocenters. The van der Waals surface area contributed by atoms with Crippen LogP contribution in [-0.2, 0) is 13.0 Å². The zero-order valence-corrected chi connectivity index (χ0v) is 19.7. The topological polar surface area (TPSA) is 62.6 Å². The van der Waals surface area contributed by atoms with Crippen molar-refractivity contribution in [2.24, 2.45) is 0 Å². The molecule has 3 heterocycles. The van der Waals surface area contributed by atoms with E-state index in [1.54, 1.807) is 7.11 Å². The SMILES string of the molecule is COc1ccccc1N1CCN(C(=S)Nc2ccc3nc4n(c(=O)c3c2)CCCCC4)CC1. The maximum atomic E-state index is 13.1. The van der Waals surface area contributed by atoms with Gasteiger partial charge >= 0.3 is 0 Å². The van der Waals surface area contributed by atoms with E-state index < -0.39 is 0 Å². The number of hydrogen-bond donors (Lipinski definition) is 1. The van der Waals surface area contributed by atoms with Gasteiger partial charge < -0.3 is 19.9 Å². The molecule has 0 saturated carbocycles. The van der Waals surface area contributed by atoms with Crippen molar-refractivity contribution in [3.63, 3.8) is 0 Å². The third-order valence-electron chi connectivity index (χ3n) is 6.56. The summed E-state index contributed by atoms with van der Waals surface area (Å²) in [6.07, 6.45) is 4.14. The Morgan fingerprint density at radius 2 is 1.85 bits per heavy atom. The number of methoxy groups -OCH3 is 1. The van der Waals surface area contributed by atoms with E-state index >= 15 is 0 Å². The highest BCUT2D eigenvalue weighted by atomic mass is 32.1. The van der Waals surface area contributed by atoms with Crippen LogP contribution in [0.25, 0.3) is 10.9 Å². The molecule has 3 aromatic rings. The average Bonchev–Trinajstić information content (AvgIpc) is 3.10. The van der Waals surface area contributed by atoms with Gasteiger partial charge in [0, 0.05) is 44.8 Å². The van der Waals surface area contributed by atoms with Gasteiger partial charge in [0.05, 0.1) is 23.7 Å². The van der Waals surface area contributed by atoms with Crippen molar-refractivity contribution in [1.82, 2.24) is 14.5 Å². The summed E-state index contributed by atoms with van der Waals surface area (Å²) in [5.41, 5.74) is 2.75. The summed E-state index contributed by atoms with van der Waals surface area (Å²) in [4.78, 5) is 22.4. The summed E-state index contributed by atoms with van der Waals surface area (Å²) >= 11 is 5.70. The molecule has 0 spiro atoms. The number of para-hydroxylation sites is 2. The standard InChI is InChI=1S/C25H29N5O2S/c1-32-22-8-5-4-7-21(22)28-13-15-29(16-14-28)25(33)26-18-10-11-20-19(17-18)24(31)30-12-6-2-3-9-23(30)27-20/h4-5,7-8,10-11,17H,2-3,6,9,12-16H2,1H3,(H,26,33). The summed E-state index contributed by atoms with van der Waals surface area (Å²) in [5, 5.41) is 4.66. The summed E-state index contributed by atoms with van der Waals surface area (Å²) < 4.78 is 7.37. The van der Waals surface area contributed by atoms with Crippen LogP contribution in [0.1, 0.15) is 25.1 Å². The smallest absolute Gasteiger partial charge is 0.261 e. The number of ether oxygens (including phenoxy) is 1. The lowest BCUT2D eigenvalue weighted by Crippen LogP contribution is -2.50. The minimum atomic E-state index is 0.0527. The van der Waals surface area contributed by atoms with E-state index in [2.05, 4.69) is 21.2 Å². The van der Waals surface area contributed by atoms with E-state index in [0.717, 1.165) is 86.9 Å². The Hall–Kier alpha value is -3.13. The predicted molar refractivity (Wildman–Crippen MR) is 137 cm³/mol. The molecule has 0 aliphatic carbocycles. The van der Waals surface area contributed by atoms with Gasteiger partial charge in [0.25, 0.3) is 5.56 Å². The highest BCUT2D eigenvalue weighted by Crippen LogP contribution is 2.28. The largest absolute Gasteiger partial charge is 0.495 e. The first kappa shape index (κ1) is 21.7. The number of piperazine rings is 1. The van der Waals surface area contributed by atoms with Gasteiger partial charge in [-0.25, -0.2) is 4.98 Å². The Balaban J connectivity index is 1.29. The molecule has 1 aromatic heterocycles. The molecular formula is C25H29N5O2S. The highest BCUT2D eigenvalue weighted by Gasteiger charge is 2.21. The van der Waals surface area contributed by atoms with Crippen LogP contribution in [0.5, 0.6) is 5.75 Å². The molecule has 1 fully saturated rings. The molecule has 8 heteroatoms. The maximum Gasteiger partial charge on any atom is 0.261 e. The van der Waals surface area contributed by atoms with E-state index in [1.807, 2.05) is 41.0 Å². The first-order valence-electron chi connectivity index (χ1n) is 11.6. The van der Waals surface area contributed by atoms with Gasteiger partial charge in [0.15, 0.2) is 5.11 Å². The Morgan fingerprint density at radius 3 is 2.67 bits per heavy atom. The van der Waals surface area contributed by atoms with Gasteiger partial charge in [-0.1, -0.05) is 18.6 Å². The fourth-order valence-electron chi connectivity index (χ4n) is 4.74. The Kier molecular flexibility index (Phi) is 6.17. The minimum Gasteiger partial charge on any atom is -0.495 e. The second kappa shape index (κ2) is 9.39. The number of fused-ring (bicyclic) bond motifs is 2. The van der Waals surface area contributed by atoms with Crippen molar-refractivity contribution in [2.75, 3.05) is 43.5 Å². The molecule has 172 valence electrons. The molecule has 2 aliphatic heterocycles. The van der Waals surface area contributed by atoms with Gasteiger partial charge in [-0.2, -0.15) is 0 Å². The van der Waals surface area contributed by atoms with Gasteiger partial charge in [0.1, 0.15) is 11.6 Å². The number of aryl methyl sites for hydroxylation is 1. The molecule has 1 saturated heterocycles. The third-order valence-corrected chi connectivity index (χ3v) is 6.92. The summed E-state index contributed by atoms with van der Waals surface area (Å²) in [5.74, 6) is 1.80. The molecular weight excluding hydrogens is 434 g/mol. The quantitative estimate of drug-likeness (QED) is 0.595. The Bertz CT molecular complexity index is 1230. The first-order valence-corrected chi connectivity index (χ1v) is 12.0. The van der Waals surface area contributed by atoms with E-state index in [0.29, 0.717) is 10.5 Å². The summed E-state index contributed by atoms with van der Waals surface area (Å²) in [7, 11) is 1.70. The predicted octanol–water partition coefficient (Wildman–Crippen LogP) is 3.65. The molecule has 0 amide bonds. The van der Waals surface area contributed by atoms with Crippen molar-refractivity contribution in [1.29, 1.82) is 0 Å². The number of nitrogens with one attached hydrogen (secondary N) is 1. The molecule has 0 bridgehead atoms. The van der Waals surface area contributed by atoms with Crippen molar-refractivity contribution in [3.05, 3.63) is 58.6 Å². The van der Waals surface area contributed by atoms with Crippen LogP contribution in [0.2, 0.25) is 0 Å². The highest BCUT2D eigenvalue weighted by molar-refractivity contribution is 7.80. The van der Waals surface area contributed by atoms with Crippen LogP contribution >= 0.6 is 12.2 Å². The number of thiocarbonyl (C=S) groups is 1. The van der Waals surface area contributed by atoms with Crippen molar-refractivity contribution in [3.8, 4) is 5.75 Å².